The average molecular weight is 341 g/mol. The minimum absolute atomic E-state index is 0.184. The van der Waals surface area contributed by atoms with Crippen LogP contribution < -0.4 is 5.32 Å². The van der Waals surface area contributed by atoms with Gasteiger partial charge in [0.2, 0.25) is 0 Å². The Morgan fingerprint density at radius 2 is 1.56 bits per heavy atom. The van der Waals surface area contributed by atoms with Crippen LogP contribution in [0.4, 0.5) is 4.79 Å². The van der Waals surface area contributed by atoms with Gasteiger partial charge in [-0.3, -0.25) is 0 Å². The number of amides is 1. The van der Waals surface area contributed by atoms with Gasteiger partial charge in [-0.25, -0.2) is 9.59 Å². The van der Waals surface area contributed by atoms with Crippen LogP contribution in [0.5, 0.6) is 0 Å². The lowest BCUT2D eigenvalue weighted by Crippen LogP contribution is -2.44. The topological polar surface area (TPSA) is 75.6 Å². The van der Waals surface area contributed by atoms with Crippen molar-refractivity contribution in [2.45, 2.75) is 38.8 Å². The fourth-order valence-corrected chi connectivity index (χ4v) is 2.35. The van der Waals surface area contributed by atoms with E-state index in [2.05, 4.69) is 5.32 Å². The first-order valence-electron chi connectivity index (χ1n) is 8.11. The summed E-state index contributed by atoms with van der Waals surface area (Å²) in [5.74, 6) is -1.10. The van der Waals surface area contributed by atoms with Crippen LogP contribution in [0.3, 0.4) is 0 Å². The van der Waals surface area contributed by atoms with Gasteiger partial charge in [-0.05, 0) is 37.5 Å². The van der Waals surface area contributed by atoms with E-state index in [1.165, 1.54) is 0 Å². The van der Waals surface area contributed by atoms with E-state index in [1.54, 1.807) is 20.8 Å². The first-order valence-corrected chi connectivity index (χ1v) is 8.11. The maximum Gasteiger partial charge on any atom is 0.408 e. The van der Waals surface area contributed by atoms with Crippen molar-refractivity contribution in [1.29, 1.82) is 0 Å². The van der Waals surface area contributed by atoms with Crippen LogP contribution in [0.1, 0.15) is 26.3 Å². The molecule has 0 unspecified atom stereocenters. The average Bonchev–Trinajstić information content (AvgIpc) is 2.54. The highest BCUT2D eigenvalue weighted by Gasteiger charge is 2.24. The predicted molar refractivity (Wildman–Crippen MR) is 96.4 cm³/mol. The number of carboxylic acid groups (broad SMARTS) is 1. The van der Waals surface area contributed by atoms with Crippen molar-refractivity contribution in [1.82, 2.24) is 5.32 Å². The summed E-state index contributed by atoms with van der Waals surface area (Å²) < 4.78 is 5.12. The van der Waals surface area contributed by atoms with Gasteiger partial charge in [-0.15, -0.1) is 0 Å². The molecule has 0 aliphatic rings. The summed E-state index contributed by atoms with van der Waals surface area (Å²) in [5.41, 5.74) is 2.29. The summed E-state index contributed by atoms with van der Waals surface area (Å²) in [6.45, 7) is 5.18. The van der Waals surface area contributed by atoms with Crippen molar-refractivity contribution < 1.29 is 19.4 Å². The molecule has 5 nitrogen and oxygen atoms in total. The number of alkyl carbamates (subject to hydrolysis) is 1. The molecule has 2 aromatic rings. The number of carbonyl (C=O) groups excluding carboxylic acids is 1. The molecular weight excluding hydrogens is 318 g/mol. The number of hydrogen-bond donors (Lipinski definition) is 2. The third kappa shape index (κ3) is 5.95. The van der Waals surface area contributed by atoms with E-state index in [-0.39, 0.29) is 6.42 Å². The van der Waals surface area contributed by atoms with Crippen LogP contribution in [-0.2, 0) is 16.0 Å². The summed E-state index contributed by atoms with van der Waals surface area (Å²) in [6.07, 6.45) is -0.551. The number of ether oxygens (including phenoxy) is 1. The molecule has 0 saturated carbocycles. The Morgan fingerprint density at radius 3 is 2.08 bits per heavy atom. The molecule has 0 bridgehead atoms. The van der Waals surface area contributed by atoms with E-state index in [0.29, 0.717) is 0 Å². The zero-order valence-electron chi connectivity index (χ0n) is 14.7. The van der Waals surface area contributed by atoms with Crippen molar-refractivity contribution in [3.63, 3.8) is 0 Å². The number of aliphatic carboxylic acids is 1. The highest BCUT2D eigenvalue weighted by atomic mass is 16.6. The monoisotopic (exact) mass is 341 g/mol. The van der Waals surface area contributed by atoms with Crippen LogP contribution in [-0.4, -0.2) is 28.8 Å². The number of carboxylic acids is 1. The summed E-state index contributed by atoms with van der Waals surface area (Å²) in [6, 6.07) is 16.5. The molecule has 5 heteroatoms. The summed E-state index contributed by atoms with van der Waals surface area (Å²) in [4.78, 5) is 23.2. The minimum Gasteiger partial charge on any atom is -0.480 e. The molecule has 0 radical (unpaired) electrons. The van der Waals surface area contributed by atoms with Gasteiger partial charge in [-0.1, -0.05) is 54.6 Å². The number of rotatable bonds is 5. The van der Waals surface area contributed by atoms with Crippen LogP contribution in [0, 0.1) is 0 Å². The van der Waals surface area contributed by atoms with Gasteiger partial charge >= 0.3 is 12.1 Å². The SMILES string of the molecule is CC(C)(C)OC(=O)N[C@@H](Cc1ccc(-c2ccccc2)cc1)C(=O)O. The first kappa shape index (κ1) is 18.5. The van der Waals surface area contributed by atoms with Crippen LogP contribution in [0.25, 0.3) is 11.1 Å². The lowest BCUT2D eigenvalue weighted by Gasteiger charge is -2.22. The van der Waals surface area contributed by atoms with Crippen LogP contribution in [0.2, 0.25) is 0 Å². The quantitative estimate of drug-likeness (QED) is 0.865. The molecule has 0 aliphatic heterocycles. The number of nitrogens with one attached hydrogen (secondary N) is 1. The molecule has 0 saturated heterocycles. The Balaban J connectivity index is 2.04. The summed E-state index contributed by atoms with van der Waals surface area (Å²) in [7, 11) is 0. The van der Waals surface area contributed by atoms with Crippen molar-refractivity contribution in [2.75, 3.05) is 0 Å². The Kier molecular flexibility index (Phi) is 5.80. The fourth-order valence-electron chi connectivity index (χ4n) is 2.35. The fraction of sp³-hybridized carbons (Fsp3) is 0.300. The van der Waals surface area contributed by atoms with Gasteiger partial charge in [0, 0.05) is 6.42 Å². The van der Waals surface area contributed by atoms with E-state index in [1.807, 2.05) is 54.6 Å². The molecule has 0 heterocycles. The van der Waals surface area contributed by atoms with Crippen LogP contribution in [0.15, 0.2) is 54.6 Å². The number of benzene rings is 2. The normalized spacial score (nSPS) is 12.3. The zero-order valence-corrected chi connectivity index (χ0v) is 14.7. The molecule has 25 heavy (non-hydrogen) atoms. The molecule has 132 valence electrons. The molecule has 2 N–H and O–H groups in total. The first-order chi connectivity index (χ1) is 11.7. The highest BCUT2D eigenvalue weighted by Crippen LogP contribution is 2.19. The van der Waals surface area contributed by atoms with E-state index in [9.17, 15) is 14.7 Å². The standard InChI is InChI=1S/C20H23NO4/c1-20(2,3)25-19(24)21-17(18(22)23)13-14-9-11-16(12-10-14)15-7-5-4-6-8-15/h4-12,17H,13H2,1-3H3,(H,21,24)(H,22,23)/t17-/m0/s1. The van der Waals surface area contributed by atoms with Gasteiger partial charge < -0.3 is 15.2 Å². The maximum absolute atomic E-state index is 11.8. The molecule has 1 atom stereocenters. The number of carbonyl (C=O) groups is 2. The predicted octanol–water partition coefficient (Wildman–Crippen LogP) is 3.87. The van der Waals surface area contributed by atoms with Gasteiger partial charge in [0.25, 0.3) is 0 Å². The second-order valence-electron chi connectivity index (χ2n) is 6.80. The minimum atomic E-state index is -1.10. The largest absolute Gasteiger partial charge is 0.480 e. The Morgan fingerprint density at radius 1 is 1.00 bits per heavy atom. The van der Waals surface area contributed by atoms with Crippen molar-refractivity contribution in [2.24, 2.45) is 0 Å². The third-order valence-electron chi connectivity index (χ3n) is 3.49. The molecule has 1 amide bonds. The smallest absolute Gasteiger partial charge is 0.408 e. The molecule has 0 aliphatic carbocycles. The lowest BCUT2D eigenvalue weighted by molar-refractivity contribution is -0.139. The molecule has 2 aromatic carbocycles. The van der Waals surface area contributed by atoms with E-state index >= 15 is 0 Å². The Bertz CT molecular complexity index is 718. The molecular formula is C20H23NO4. The summed E-state index contributed by atoms with van der Waals surface area (Å²) >= 11 is 0. The van der Waals surface area contributed by atoms with E-state index < -0.39 is 23.7 Å². The third-order valence-corrected chi connectivity index (χ3v) is 3.49. The Hall–Kier alpha value is -2.82. The van der Waals surface area contributed by atoms with E-state index in [4.69, 9.17) is 4.74 Å². The molecule has 2 rings (SSSR count). The van der Waals surface area contributed by atoms with Gasteiger partial charge in [0.05, 0.1) is 0 Å². The van der Waals surface area contributed by atoms with Gasteiger partial charge in [0.1, 0.15) is 11.6 Å². The second-order valence-corrected chi connectivity index (χ2v) is 6.80. The highest BCUT2D eigenvalue weighted by molar-refractivity contribution is 5.80. The zero-order chi connectivity index (χ0) is 18.4. The molecule has 0 spiro atoms. The lowest BCUT2D eigenvalue weighted by atomic mass is 10.0. The molecule has 0 aromatic heterocycles. The Labute approximate surface area is 147 Å². The second kappa shape index (κ2) is 7.83. The van der Waals surface area contributed by atoms with Crippen molar-refractivity contribution in [3.8, 4) is 11.1 Å². The van der Waals surface area contributed by atoms with Gasteiger partial charge in [0.15, 0.2) is 0 Å². The maximum atomic E-state index is 11.8. The van der Waals surface area contributed by atoms with Gasteiger partial charge in [-0.2, -0.15) is 0 Å². The number of hydrogen-bond acceptors (Lipinski definition) is 3. The van der Waals surface area contributed by atoms with E-state index in [0.717, 1.165) is 16.7 Å². The molecule has 0 fully saturated rings. The van der Waals surface area contributed by atoms with Crippen LogP contribution >= 0.6 is 0 Å². The summed E-state index contributed by atoms with van der Waals surface area (Å²) in [5, 5.41) is 11.8. The van der Waals surface area contributed by atoms with Crippen molar-refractivity contribution in [3.05, 3.63) is 60.2 Å². The van der Waals surface area contributed by atoms with Crippen molar-refractivity contribution >= 4 is 12.1 Å².